The zero-order valence-corrected chi connectivity index (χ0v) is 14.8. The molecule has 0 N–H and O–H groups in total. The largest absolute Gasteiger partial charge is 0.497 e. The third-order valence-corrected chi connectivity index (χ3v) is 5.22. The lowest BCUT2D eigenvalue weighted by atomic mass is 9.77. The minimum absolute atomic E-state index is 0.0805. The quantitative estimate of drug-likeness (QED) is 0.788. The van der Waals surface area contributed by atoms with E-state index in [0.717, 1.165) is 0 Å². The lowest BCUT2D eigenvalue weighted by molar-refractivity contribution is -0.0191. The molecule has 0 saturated carbocycles. The predicted octanol–water partition coefficient (Wildman–Crippen LogP) is 1.60. The van der Waals surface area contributed by atoms with Crippen molar-refractivity contribution in [1.82, 2.24) is 4.90 Å². The summed E-state index contributed by atoms with van der Waals surface area (Å²) in [6.45, 7) is 8.74. The molecular formula is C17H23BFNO4. The Balaban J connectivity index is 1.82. The Bertz CT molecular complexity index is 642. The monoisotopic (exact) mass is 335 g/mol. The molecule has 0 radical (unpaired) electrons. The van der Waals surface area contributed by atoms with Crippen LogP contribution in [-0.2, 0) is 14.0 Å². The molecule has 2 saturated heterocycles. The summed E-state index contributed by atoms with van der Waals surface area (Å²) in [6, 6.07) is 4.31. The van der Waals surface area contributed by atoms with Gasteiger partial charge in [-0.15, -0.1) is 0 Å². The van der Waals surface area contributed by atoms with Gasteiger partial charge in [-0.1, -0.05) is 0 Å². The number of hydrogen-bond acceptors (Lipinski definition) is 4. The van der Waals surface area contributed by atoms with Gasteiger partial charge in [-0.05, 0) is 45.9 Å². The Kier molecular flexibility index (Phi) is 4.22. The lowest BCUT2D eigenvalue weighted by Gasteiger charge is -2.38. The van der Waals surface area contributed by atoms with Crippen molar-refractivity contribution in [3.05, 3.63) is 29.6 Å². The van der Waals surface area contributed by atoms with Gasteiger partial charge < -0.3 is 18.9 Å². The summed E-state index contributed by atoms with van der Waals surface area (Å²) in [6.07, 6.45) is 0.0805. The van der Waals surface area contributed by atoms with Crippen molar-refractivity contribution in [2.24, 2.45) is 0 Å². The SMILES string of the molecule is COC1CN(C(=O)c2ccc(F)c(B3OC(C)(C)C(C)(C)O3)c2)C1. The number of carbonyl (C=O) groups excluding carboxylic acids is 1. The standard InChI is InChI=1S/C17H23BFNO4/c1-16(2)17(3,4)24-18(23-16)13-8-11(6-7-14(13)19)15(21)20-9-12(10-20)22-5/h6-8,12H,9-10H2,1-5H3. The molecule has 0 bridgehead atoms. The van der Waals surface area contributed by atoms with E-state index >= 15 is 0 Å². The summed E-state index contributed by atoms with van der Waals surface area (Å²) in [5.74, 6) is -0.579. The number of rotatable bonds is 3. The molecule has 2 fully saturated rings. The molecule has 0 aliphatic carbocycles. The van der Waals surface area contributed by atoms with Gasteiger partial charge in [0, 0.05) is 31.2 Å². The number of ether oxygens (including phenoxy) is 1. The molecule has 1 aromatic rings. The van der Waals surface area contributed by atoms with Gasteiger partial charge in [0.25, 0.3) is 5.91 Å². The molecule has 1 amide bonds. The highest BCUT2D eigenvalue weighted by atomic mass is 19.1. The number of amides is 1. The molecule has 0 aromatic heterocycles. The third kappa shape index (κ3) is 2.85. The molecule has 2 heterocycles. The molecule has 7 heteroatoms. The molecule has 2 aliphatic rings. The van der Waals surface area contributed by atoms with Crippen LogP contribution in [0.4, 0.5) is 4.39 Å². The summed E-state index contributed by atoms with van der Waals surface area (Å²) >= 11 is 0. The first-order valence-electron chi connectivity index (χ1n) is 8.12. The highest BCUT2D eigenvalue weighted by Crippen LogP contribution is 2.36. The van der Waals surface area contributed by atoms with Crippen LogP contribution >= 0.6 is 0 Å². The van der Waals surface area contributed by atoms with Gasteiger partial charge in [0.15, 0.2) is 0 Å². The maximum atomic E-state index is 14.3. The van der Waals surface area contributed by atoms with Crippen LogP contribution in [0.2, 0.25) is 0 Å². The van der Waals surface area contributed by atoms with Crippen molar-refractivity contribution in [2.45, 2.75) is 45.0 Å². The number of likely N-dealkylation sites (tertiary alicyclic amines) is 1. The van der Waals surface area contributed by atoms with E-state index in [1.807, 2.05) is 27.7 Å². The van der Waals surface area contributed by atoms with E-state index in [-0.39, 0.29) is 17.5 Å². The number of hydrogen-bond donors (Lipinski definition) is 0. The van der Waals surface area contributed by atoms with Gasteiger partial charge in [0.05, 0.1) is 17.3 Å². The first-order chi connectivity index (χ1) is 11.1. The van der Waals surface area contributed by atoms with Gasteiger partial charge in [0.1, 0.15) is 5.82 Å². The molecule has 2 aliphatic heterocycles. The van der Waals surface area contributed by atoms with Crippen LogP contribution in [-0.4, -0.2) is 55.4 Å². The molecule has 24 heavy (non-hydrogen) atoms. The topological polar surface area (TPSA) is 48.0 Å². The highest BCUT2D eigenvalue weighted by molar-refractivity contribution is 6.62. The number of benzene rings is 1. The summed E-state index contributed by atoms with van der Waals surface area (Å²) in [5.41, 5.74) is -0.445. The Morgan fingerprint density at radius 2 is 1.83 bits per heavy atom. The molecule has 130 valence electrons. The third-order valence-electron chi connectivity index (χ3n) is 5.22. The summed E-state index contributed by atoms with van der Waals surface area (Å²) in [4.78, 5) is 14.2. The van der Waals surface area contributed by atoms with Gasteiger partial charge in [-0.3, -0.25) is 4.79 Å². The molecule has 5 nitrogen and oxygen atoms in total. The van der Waals surface area contributed by atoms with Gasteiger partial charge in [-0.2, -0.15) is 0 Å². The second-order valence-corrected chi connectivity index (χ2v) is 7.39. The first kappa shape index (κ1) is 17.4. The average Bonchev–Trinajstić information content (AvgIpc) is 2.66. The number of halogens is 1. The van der Waals surface area contributed by atoms with E-state index in [2.05, 4.69) is 0 Å². The summed E-state index contributed by atoms with van der Waals surface area (Å²) in [5, 5.41) is 0. The summed E-state index contributed by atoms with van der Waals surface area (Å²) in [7, 11) is 0.798. The predicted molar refractivity (Wildman–Crippen MR) is 88.8 cm³/mol. The Morgan fingerprint density at radius 3 is 2.38 bits per heavy atom. The van der Waals surface area contributed by atoms with Crippen LogP contribution in [0.15, 0.2) is 18.2 Å². The number of nitrogens with zero attached hydrogens (tertiary/aromatic N) is 1. The fourth-order valence-electron chi connectivity index (χ4n) is 2.76. The fourth-order valence-corrected chi connectivity index (χ4v) is 2.76. The number of methoxy groups -OCH3 is 1. The van der Waals surface area contributed by atoms with Crippen LogP contribution in [0.25, 0.3) is 0 Å². The maximum absolute atomic E-state index is 14.3. The van der Waals surface area contributed by atoms with E-state index in [0.29, 0.717) is 18.7 Å². The van der Waals surface area contributed by atoms with Gasteiger partial charge in [-0.25, -0.2) is 4.39 Å². The second kappa shape index (κ2) is 5.83. The van der Waals surface area contributed by atoms with Crippen LogP contribution in [0.5, 0.6) is 0 Å². The van der Waals surface area contributed by atoms with Crippen molar-refractivity contribution >= 4 is 18.5 Å². The van der Waals surface area contributed by atoms with Crippen LogP contribution in [0.3, 0.4) is 0 Å². The molecular weight excluding hydrogens is 312 g/mol. The van der Waals surface area contributed by atoms with Crippen molar-refractivity contribution in [3.8, 4) is 0 Å². The van der Waals surface area contributed by atoms with Gasteiger partial charge >= 0.3 is 7.12 Å². The normalized spacial score (nSPS) is 22.6. The maximum Gasteiger partial charge on any atom is 0.497 e. The Labute approximate surface area is 142 Å². The van der Waals surface area contributed by atoms with Gasteiger partial charge in [0.2, 0.25) is 0 Å². The van der Waals surface area contributed by atoms with Crippen molar-refractivity contribution in [1.29, 1.82) is 0 Å². The first-order valence-corrected chi connectivity index (χ1v) is 8.12. The van der Waals surface area contributed by atoms with Crippen LogP contribution < -0.4 is 5.46 Å². The summed E-state index contributed by atoms with van der Waals surface area (Å²) < 4.78 is 31.3. The Morgan fingerprint density at radius 1 is 1.25 bits per heavy atom. The average molecular weight is 335 g/mol. The van der Waals surface area contributed by atoms with E-state index < -0.39 is 24.1 Å². The smallest absolute Gasteiger partial charge is 0.399 e. The van der Waals surface area contributed by atoms with E-state index in [1.54, 1.807) is 12.0 Å². The highest BCUT2D eigenvalue weighted by Gasteiger charge is 2.52. The van der Waals surface area contributed by atoms with Crippen LogP contribution in [0.1, 0.15) is 38.1 Å². The van der Waals surface area contributed by atoms with E-state index in [9.17, 15) is 9.18 Å². The zero-order chi connectivity index (χ0) is 17.7. The molecule has 3 rings (SSSR count). The van der Waals surface area contributed by atoms with Crippen molar-refractivity contribution in [3.63, 3.8) is 0 Å². The zero-order valence-electron chi connectivity index (χ0n) is 14.8. The number of carbonyl (C=O) groups is 1. The van der Waals surface area contributed by atoms with Crippen molar-refractivity contribution in [2.75, 3.05) is 20.2 Å². The minimum atomic E-state index is -0.828. The fraction of sp³-hybridized carbons (Fsp3) is 0.588. The minimum Gasteiger partial charge on any atom is -0.399 e. The molecule has 0 spiro atoms. The van der Waals surface area contributed by atoms with E-state index in [1.165, 1.54) is 18.2 Å². The lowest BCUT2D eigenvalue weighted by Crippen LogP contribution is -2.54. The molecule has 0 unspecified atom stereocenters. The van der Waals surface area contributed by atoms with Crippen molar-refractivity contribution < 1.29 is 23.2 Å². The Hall–Kier alpha value is -1.44. The van der Waals surface area contributed by atoms with E-state index in [4.69, 9.17) is 14.0 Å². The molecule has 0 atom stereocenters. The van der Waals surface area contributed by atoms with Crippen LogP contribution in [0, 0.1) is 5.82 Å². The second-order valence-electron chi connectivity index (χ2n) is 7.39. The molecule has 1 aromatic carbocycles.